The van der Waals surface area contributed by atoms with Crippen molar-refractivity contribution in [3.05, 3.63) is 90.0 Å². The Morgan fingerprint density at radius 1 is 0.926 bits per heavy atom. The second kappa shape index (κ2) is 8.05. The van der Waals surface area contributed by atoms with Gasteiger partial charge in [-0.3, -0.25) is 9.52 Å². The van der Waals surface area contributed by atoms with Crippen LogP contribution in [0.15, 0.2) is 88.1 Å². The van der Waals surface area contributed by atoms with E-state index in [1.54, 1.807) is 67.8 Å². The summed E-state index contributed by atoms with van der Waals surface area (Å²) in [6.45, 7) is 1.94. The minimum absolute atomic E-state index is 0.383. The molecule has 1 atom stereocenters. The summed E-state index contributed by atoms with van der Waals surface area (Å²) in [5.74, 6) is 0.141. The maximum Gasteiger partial charge on any atom is 0.286 e. The van der Waals surface area contributed by atoms with E-state index in [0.717, 1.165) is 5.56 Å². The average molecular weight is 380 g/mol. The number of ether oxygens (including phenoxy) is 1. The molecular formula is C21H20N2O3S. The van der Waals surface area contributed by atoms with E-state index in [-0.39, 0.29) is 0 Å². The number of aryl methyl sites for hydroxylation is 1. The lowest BCUT2D eigenvalue weighted by Crippen LogP contribution is -2.15. The first-order valence-electron chi connectivity index (χ1n) is 8.35. The molecule has 0 spiro atoms. The van der Waals surface area contributed by atoms with E-state index in [4.69, 9.17) is 4.74 Å². The van der Waals surface area contributed by atoms with Crippen LogP contribution in [0.2, 0.25) is 0 Å². The van der Waals surface area contributed by atoms with Gasteiger partial charge in [0.2, 0.25) is 0 Å². The molecule has 0 heterocycles. The molecular weight excluding hydrogens is 360 g/mol. The third-order valence-corrected chi connectivity index (χ3v) is 5.77. The highest BCUT2D eigenvalue weighted by Crippen LogP contribution is 2.22. The van der Waals surface area contributed by atoms with Crippen LogP contribution in [0.25, 0.3) is 0 Å². The molecule has 3 aromatic rings. The molecule has 3 rings (SSSR count). The first-order valence-corrected chi connectivity index (χ1v) is 9.87. The van der Waals surface area contributed by atoms with Crippen LogP contribution in [0.1, 0.15) is 15.9 Å². The number of anilines is 1. The summed E-state index contributed by atoms with van der Waals surface area (Å²) in [6.07, 6.45) is 0. The molecule has 1 amide bonds. The van der Waals surface area contributed by atoms with Crippen LogP contribution < -0.4 is 9.46 Å². The molecule has 1 unspecified atom stereocenters. The fourth-order valence-electron chi connectivity index (χ4n) is 2.43. The molecule has 0 aliphatic rings. The van der Waals surface area contributed by atoms with Crippen LogP contribution in [0.3, 0.4) is 0 Å². The summed E-state index contributed by atoms with van der Waals surface area (Å²) in [5, 5.41) is 0. The smallest absolute Gasteiger partial charge is 0.286 e. The molecule has 6 heteroatoms. The van der Waals surface area contributed by atoms with Gasteiger partial charge in [-0.05, 0) is 55.5 Å². The van der Waals surface area contributed by atoms with Gasteiger partial charge in [0.25, 0.3) is 5.91 Å². The molecule has 27 heavy (non-hydrogen) atoms. The predicted molar refractivity (Wildman–Crippen MR) is 107 cm³/mol. The zero-order valence-corrected chi connectivity index (χ0v) is 15.9. The molecule has 0 saturated heterocycles. The monoisotopic (exact) mass is 380 g/mol. The zero-order chi connectivity index (χ0) is 19.3. The first kappa shape index (κ1) is 18.7. The average Bonchev–Trinajstić information content (AvgIpc) is 2.69. The van der Waals surface area contributed by atoms with E-state index >= 15 is 0 Å². The summed E-state index contributed by atoms with van der Waals surface area (Å²) < 4.78 is 25.8. The third kappa shape index (κ3) is 4.54. The largest absolute Gasteiger partial charge is 0.497 e. The second-order valence-corrected chi connectivity index (χ2v) is 7.84. The fourth-order valence-corrected chi connectivity index (χ4v) is 3.99. The number of methoxy groups -OCH3 is 1. The predicted octanol–water partition coefficient (Wildman–Crippen LogP) is 4.70. The highest BCUT2D eigenvalue weighted by Gasteiger charge is 2.16. The Balaban J connectivity index is 2.05. The molecule has 5 nitrogen and oxygen atoms in total. The Morgan fingerprint density at radius 2 is 1.56 bits per heavy atom. The van der Waals surface area contributed by atoms with Crippen LogP contribution >= 0.6 is 0 Å². The number of amides is 1. The standard InChI is InChI=1S/C21H20N2O3S/c1-16-8-14-20(15-9-16)27(25,22-18-10-12-19(26-2)13-11-18)23-21(24)17-6-4-3-5-7-17/h3-15H,1-2H3,(H,22,23,24,25). The van der Waals surface area contributed by atoms with Gasteiger partial charge in [-0.1, -0.05) is 35.9 Å². The van der Waals surface area contributed by atoms with Crippen molar-refractivity contribution in [2.24, 2.45) is 4.36 Å². The molecule has 0 saturated carbocycles. The molecule has 0 aliphatic heterocycles. The van der Waals surface area contributed by atoms with Gasteiger partial charge in [0.1, 0.15) is 5.75 Å². The summed E-state index contributed by atoms with van der Waals surface area (Å²) in [4.78, 5) is 13.0. The molecule has 3 aromatic carbocycles. The summed E-state index contributed by atoms with van der Waals surface area (Å²) in [7, 11) is -1.64. The molecule has 1 N–H and O–H groups in total. The Labute approximate surface area is 159 Å². The lowest BCUT2D eigenvalue weighted by Gasteiger charge is -2.14. The van der Waals surface area contributed by atoms with Gasteiger partial charge < -0.3 is 4.74 Å². The number of nitrogens with zero attached hydrogens (tertiary/aromatic N) is 1. The lowest BCUT2D eigenvalue weighted by molar-refractivity contribution is 0.100. The van der Waals surface area contributed by atoms with E-state index < -0.39 is 15.8 Å². The minimum Gasteiger partial charge on any atom is -0.497 e. The molecule has 0 aliphatic carbocycles. The van der Waals surface area contributed by atoms with Crippen LogP contribution in [-0.4, -0.2) is 17.2 Å². The van der Waals surface area contributed by atoms with Crippen molar-refractivity contribution in [3.8, 4) is 5.75 Å². The minimum atomic E-state index is -3.22. The van der Waals surface area contributed by atoms with Crippen LogP contribution in [0.5, 0.6) is 5.75 Å². The van der Waals surface area contributed by atoms with Gasteiger partial charge in [0.15, 0.2) is 9.92 Å². The maximum absolute atomic E-state index is 13.7. The van der Waals surface area contributed by atoms with Crippen LogP contribution in [-0.2, 0) is 9.92 Å². The topological polar surface area (TPSA) is 67.8 Å². The van der Waals surface area contributed by atoms with Gasteiger partial charge in [-0.15, -0.1) is 4.36 Å². The Kier molecular flexibility index (Phi) is 5.57. The van der Waals surface area contributed by atoms with E-state index in [1.165, 1.54) is 0 Å². The Bertz CT molecular complexity index is 1040. The van der Waals surface area contributed by atoms with E-state index in [0.29, 0.717) is 21.9 Å². The van der Waals surface area contributed by atoms with Crippen molar-refractivity contribution in [1.29, 1.82) is 0 Å². The van der Waals surface area contributed by atoms with E-state index in [2.05, 4.69) is 9.08 Å². The van der Waals surface area contributed by atoms with Crippen molar-refractivity contribution < 1.29 is 13.7 Å². The van der Waals surface area contributed by atoms with Crippen LogP contribution in [0, 0.1) is 6.92 Å². The zero-order valence-electron chi connectivity index (χ0n) is 15.1. The number of carbonyl (C=O) groups excluding carboxylic acids is 1. The number of benzene rings is 3. The van der Waals surface area contributed by atoms with Gasteiger partial charge in [0, 0.05) is 11.3 Å². The highest BCUT2D eigenvalue weighted by molar-refractivity contribution is 7.95. The number of carbonyl (C=O) groups is 1. The van der Waals surface area contributed by atoms with Crippen molar-refractivity contribution in [2.75, 3.05) is 11.8 Å². The fraction of sp³-hybridized carbons (Fsp3) is 0.0952. The SMILES string of the molecule is COc1ccc(NS(=O)(=NC(=O)c2ccccc2)c2ccc(C)cc2)cc1. The third-order valence-electron chi connectivity index (χ3n) is 3.92. The normalized spacial score (nSPS) is 12.7. The number of hydrogen-bond donors (Lipinski definition) is 1. The molecule has 138 valence electrons. The molecule has 0 bridgehead atoms. The van der Waals surface area contributed by atoms with Gasteiger partial charge in [0.05, 0.1) is 12.0 Å². The number of hydrogen-bond acceptors (Lipinski definition) is 3. The van der Waals surface area contributed by atoms with E-state index in [1.807, 2.05) is 25.1 Å². The molecule has 0 aromatic heterocycles. The molecule has 0 radical (unpaired) electrons. The highest BCUT2D eigenvalue weighted by atomic mass is 32.2. The quantitative estimate of drug-likeness (QED) is 0.698. The lowest BCUT2D eigenvalue weighted by atomic mass is 10.2. The maximum atomic E-state index is 13.7. The Hall–Kier alpha value is -3.12. The van der Waals surface area contributed by atoms with Gasteiger partial charge >= 0.3 is 0 Å². The van der Waals surface area contributed by atoms with Crippen LogP contribution in [0.4, 0.5) is 5.69 Å². The summed E-state index contributed by atoms with van der Waals surface area (Å²) in [5.41, 5.74) is 1.99. The summed E-state index contributed by atoms with van der Waals surface area (Å²) >= 11 is 0. The van der Waals surface area contributed by atoms with Crippen molar-refractivity contribution in [3.63, 3.8) is 0 Å². The number of rotatable bonds is 5. The summed E-state index contributed by atoms with van der Waals surface area (Å²) in [6, 6.07) is 22.7. The van der Waals surface area contributed by atoms with Gasteiger partial charge in [-0.2, -0.15) is 0 Å². The van der Waals surface area contributed by atoms with Gasteiger partial charge in [-0.25, -0.2) is 4.21 Å². The van der Waals surface area contributed by atoms with E-state index in [9.17, 15) is 9.00 Å². The Morgan fingerprint density at radius 3 is 2.15 bits per heavy atom. The second-order valence-electron chi connectivity index (χ2n) is 5.93. The molecule has 0 fully saturated rings. The first-order chi connectivity index (χ1) is 13.0. The van der Waals surface area contributed by atoms with Crippen molar-refractivity contribution >= 4 is 21.5 Å². The van der Waals surface area contributed by atoms with Crippen molar-refractivity contribution in [2.45, 2.75) is 11.8 Å². The van der Waals surface area contributed by atoms with Crippen molar-refractivity contribution in [1.82, 2.24) is 0 Å². The number of nitrogens with one attached hydrogen (secondary N) is 1.